The van der Waals surface area contributed by atoms with Crippen LogP contribution in [0.3, 0.4) is 0 Å². The standard InChI is InChI=1S/C25H36N2O12.4Na/c28-21(29)20(22(30)31)26-6-10-36-14-16-38-12-8-27(9-13-39-17-15-37-11-7-26)25(23(32)33,24(34)35)18-19-4-2-1-3-5-19;;;;/h1-5,20H,6-18H2,(H,28,29)(H,30,31)(H,32,33)(H,34,35);;;;. The van der Waals surface area contributed by atoms with E-state index in [1.807, 2.05) is 0 Å². The first-order valence-corrected chi connectivity index (χ1v) is 12.5. The number of rotatable bonds is 8. The van der Waals surface area contributed by atoms with Crippen molar-refractivity contribution >= 4 is 142 Å². The van der Waals surface area contributed by atoms with E-state index in [-0.39, 0.29) is 204 Å². The van der Waals surface area contributed by atoms with Crippen molar-refractivity contribution in [3.8, 4) is 0 Å². The number of ether oxygens (including phenoxy) is 4. The van der Waals surface area contributed by atoms with Crippen molar-refractivity contribution in [3.63, 3.8) is 0 Å². The Morgan fingerprint density at radius 2 is 1.00 bits per heavy atom. The minimum atomic E-state index is -2.25. The third-order valence-electron chi connectivity index (χ3n) is 6.18. The first-order chi connectivity index (χ1) is 18.7. The Bertz CT molecular complexity index is 900. The Kier molecular flexibility index (Phi) is 30.2. The Hall–Kier alpha value is 0.860. The van der Waals surface area contributed by atoms with E-state index in [1.165, 1.54) is 9.80 Å². The number of aliphatic carboxylic acids is 4. The van der Waals surface area contributed by atoms with Gasteiger partial charge in [-0.2, -0.15) is 0 Å². The molecule has 18 heteroatoms. The third-order valence-corrected chi connectivity index (χ3v) is 6.18. The summed E-state index contributed by atoms with van der Waals surface area (Å²) in [6.45, 7) is 0.507. The normalized spacial score (nSPS) is 16.9. The average molecular weight is 649 g/mol. The average Bonchev–Trinajstić information content (AvgIpc) is 2.88. The second kappa shape index (κ2) is 26.9. The summed E-state index contributed by atoms with van der Waals surface area (Å²) in [7, 11) is 0. The van der Waals surface area contributed by atoms with Gasteiger partial charge in [-0.3, -0.25) is 9.80 Å². The van der Waals surface area contributed by atoms with Crippen LogP contribution in [-0.2, 0) is 44.5 Å². The minimum Gasteiger partial charge on any atom is -0.480 e. The van der Waals surface area contributed by atoms with E-state index in [0.717, 1.165) is 0 Å². The van der Waals surface area contributed by atoms with E-state index in [4.69, 9.17) is 18.9 Å². The summed E-state index contributed by atoms with van der Waals surface area (Å²) in [6.07, 6.45) is -0.269. The maximum atomic E-state index is 12.4. The number of carbonyl (C=O) groups is 4. The molecule has 1 aliphatic rings. The fourth-order valence-corrected chi connectivity index (χ4v) is 4.15. The molecule has 1 aromatic carbocycles. The fraction of sp³-hybridized carbons (Fsp3) is 0.600. The number of carboxylic acid groups (broad SMARTS) is 4. The maximum Gasteiger partial charge on any atom is 0.336 e. The summed E-state index contributed by atoms with van der Waals surface area (Å²) in [5.41, 5.74) is -1.71. The second-order valence-electron chi connectivity index (χ2n) is 8.68. The van der Waals surface area contributed by atoms with Crippen molar-refractivity contribution in [2.45, 2.75) is 18.0 Å². The van der Waals surface area contributed by atoms with Crippen molar-refractivity contribution in [2.75, 3.05) is 79.0 Å². The van der Waals surface area contributed by atoms with Gasteiger partial charge in [-0.25, -0.2) is 19.2 Å². The predicted octanol–water partition coefficient (Wildman–Crippen LogP) is -2.16. The van der Waals surface area contributed by atoms with Gasteiger partial charge in [0.1, 0.15) is 0 Å². The summed E-state index contributed by atoms with van der Waals surface area (Å²) in [6, 6.07) is 6.75. The molecule has 1 aromatic rings. The molecule has 43 heavy (non-hydrogen) atoms. The van der Waals surface area contributed by atoms with Gasteiger partial charge in [0.25, 0.3) is 0 Å². The summed E-state index contributed by atoms with van der Waals surface area (Å²) in [5, 5.41) is 38.8. The number of hydrogen-bond acceptors (Lipinski definition) is 10. The van der Waals surface area contributed by atoms with E-state index >= 15 is 0 Å². The largest absolute Gasteiger partial charge is 0.480 e. The molecule has 4 N–H and O–H groups in total. The molecular weight excluding hydrogens is 612 g/mol. The van der Waals surface area contributed by atoms with Crippen LogP contribution in [0, 0.1) is 0 Å². The Morgan fingerprint density at radius 3 is 1.35 bits per heavy atom. The van der Waals surface area contributed by atoms with Gasteiger partial charge in [0, 0.05) is 151 Å². The topological polar surface area (TPSA) is 193 Å². The van der Waals surface area contributed by atoms with Crippen LogP contribution in [0.4, 0.5) is 0 Å². The molecule has 0 saturated carbocycles. The number of hydrogen-bond donors (Lipinski definition) is 4. The molecule has 1 aliphatic heterocycles. The molecule has 2 rings (SSSR count). The zero-order valence-corrected chi connectivity index (χ0v) is 33.6. The third kappa shape index (κ3) is 16.5. The van der Waals surface area contributed by atoms with E-state index in [9.17, 15) is 39.6 Å². The molecule has 4 radical (unpaired) electrons. The quantitative estimate of drug-likeness (QED) is 0.176. The summed E-state index contributed by atoms with van der Waals surface area (Å²) < 4.78 is 22.0. The van der Waals surface area contributed by atoms with Crippen molar-refractivity contribution in [1.29, 1.82) is 0 Å². The molecule has 0 atom stereocenters. The van der Waals surface area contributed by atoms with E-state index < -0.39 is 35.5 Å². The molecule has 1 saturated heterocycles. The molecule has 222 valence electrons. The van der Waals surface area contributed by atoms with Crippen LogP contribution < -0.4 is 0 Å². The van der Waals surface area contributed by atoms with Gasteiger partial charge >= 0.3 is 23.9 Å². The SMILES string of the molecule is O=C(O)C(C(=O)O)N1CCOCCOCCN(C(Cc2ccccc2)(C(=O)O)C(=O)O)CCOCCOCC1.[Na].[Na].[Na].[Na]. The van der Waals surface area contributed by atoms with Crippen molar-refractivity contribution in [3.05, 3.63) is 35.9 Å². The molecule has 0 aromatic heterocycles. The first-order valence-electron chi connectivity index (χ1n) is 12.5. The molecule has 1 fully saturated rings. The van der Waals surface area contributed by atoms with Gasteiger partial charge in [-0.05, 0) is 5.56 Å². The van der Waals surface area contributed by atoms with Crippen LogP contribution in [-0.4, -0.2) is 263 Å². The maximum absolute atomic E-state index is 12.4. The van der Waals surface area contributed by atoms with Gasteiger partial charge in [-0.15, -0.1) is 0 Å². The Morgan fingerprint density at radius 1 is 0.628 bits per heavy atom. The Labute approximate surface area is 339 Å². The second-order valence-corrected chi connectivity index (χ2v) is 8.68. The molecule has 0 unspecified atom stereocenters. The van der Waals surface area contributed by atoms with Crippen molar-refractivity contribution in [1.82, 2.24) is 9.80 Å². The molecule has 0 amide bonds. The molecular formula is C25H36N2Na4O12. The molecule has 0 bridgehead atoms. The molecule has 1 heterocycles. The van der Waals surface area contributed by atoms with Crippen LogP contribution >= 0.6 is 0 Å². The van der Waals surface area contributed by atoms with Crippen LogP contribution in [0.5, 0.6) is 0 Å². The monoisotopic (exact) mass is 648 g/mol. The molecule has 0 spiro atoms. The van der Waals surface area contributed by atoms with Gasteiger partial charge < -0.3 is 39.4 Å². The summed E-state index contributed by atoms with van der Waals surface area (Å²) in [4.78, 5) is 50.3. The van der Waals surface area contributed by atoms with Crippen molar-refractivity contribution in [2.24, 2.45) is 0 Å². The number of nitrogens with zero attached hydrogens (tertiary/aromatic N) is 2. The van der Waals surface area contributed by atoms with Gasteiger partial charge in [0.15, 0.2) is 0 Å². The smallest absolute Gasteiger partial charge is 0.336 e. The fourth-order valence-electron chi connectivity index (χ4n) is 4.15. The summed E-state index contributed by atoms with van der Waals surface area (Å²) >= 11 is 0. The van der Waals surface area contributed by atoms with E-state index in [1.54, 1.807) is 30.3 Å². The van der Waals surface area contributed by atoms with Gasteiger partial charge in [0.2, 0.25) is 11.6 Å². The van der Waals surface area contributed by atoms with Gasteiger partial charge in [-0.1, -0.05) is 30.3 Å². The van der Waals surface area contributed by atoms with E-state index in [2.05, 4.69) is 0 Å². The van der Waals surface area contributed by atoms with Crippen LogP contribution in [0.15, 0.2) is 30.3 Å². The predicted molar refractivity (Wildman–Crippen MR) is 157 cm³/mol. The van der Waals surface area contributed by atoms with Crippen LogP contribution in [0.1, 0.15) is 5.56 Å². The van der Waals surface area contributed by atoms with Crippen LogP contribution in [0.25, 0.3) is 0 Å². The zero-order chi connectivity index (χ0) is 28.7. The Balaban J connectivity index is -0.00000400. The summed E-state index contributed by atoms with van der Waals surface area (Å²) in [5.74, 6) is -5.99. The van der Waals surface area contributed by atoms with Crippen molar-refractivity contribution < 1.29 is 58.6 Å². The van der Waals surface area contributed by atoms with Gasteiger partial charge in [0.05, 0.1) is 52.9 Å². The van der Waals surface area contributed by atoms with E-state index in [0.29, 0.717) is 5.56 Å². The molecule has 14 nitrogen and oxygen atoms in total. The zero-order valence-electron chi connectivity index (χ0n) is 25.6. The first kappa shape index (κ1) is 48.3. The molecule has 0 aliphatic carbocycles. The minimum absolute atomic E-state index is 0. The number of benzene rings is 1. The van der Waals surface area contributed by atoms with Crippen LogP contribution in [0.2, 0.25) is 0 Å². The number of carboxylic acids is 4.